The van der Waals surface area contributed by atoms with Gasteiger partial charge in [0, 0.05) is 16.9 Å². The number of carbonyl (C=O) groups excluding carboxylic acids is 1. The van der Waals surface area contributed by atoms with Crippen LogP contribution in [0.4, 0.5) is 0 Å². The van der Waals surface area contributed by atoms with E-state index in [0.29, 0.717) is 13.0 Å². The van der Waals surface area contributed by atoms with Crippen LogP contribution in [0, 0.1) is 0 Å². The molecule has 0 aliphatic rings. The van der Waals surface area contributed by atoms with Crippen LogP contribution in [0.1, 0.15) is 31.7 Å². The second kappa shape index (κ2) is 7.45. The molecular formula is C13H18BrNO2. The van der Waals surface area contributed by atoms with E-state index in [0.717, 1.165) is 22.9 Å². The first-order valence-electron chi connectivity index (χ1n) is 5.73. The Morgan fingerprint density at radius 3 is 2.94 bits per heavy atom. The molecule has 1 rings (SSSR count). The van der Waals surface area contributed by atoms with Gasteiger partial charge in [-0.25, -0.2) is 0 Å². The van der Waals surface area contributed by atoms with E-state index in [9.17, 15) is 4.79 Å². The number of nitrogens with two attached hydrogens (primary N) is 1. The molecule has 2 N–H and O–H groups in total. The molecule has 17 heavy (non-hydrogen) atoms. The van der Waals surface area contributed by atoms with Crippen LogP contribution < -0.4 is 5.73 Å². The molecule has 0 fully saturated rings. The van der Waals surface area contributed by atoms with Crippen molar-refractivity contribution in [1.29, 1.82) is 0 Å². The highest BCUT2D eigenvalue weighted by atomic mass is 79.9. The lowest BCUT2D eigenvalue weighted by molar-refractivity contribution is -0.145. The second-order valence-electron chi connectivity index (χ2n) is 4.16. The monoisotopic (exact) mass is 299 g/mol. The van der Waals surface area contributed by atoms with Gasteiger partial charge < -0.3 is 10.5 Å². The summed E-state index contributed by atoms with van der Waals surface area (Å²) in [6.07, 6.45) is 2.08. The smallest absolute Gasteiger partial charge is 0.306 e. The standard InChI is InChI=1S/C13H18BrNO2/c1-10(15)4-2-7-13(16)17-9-11-5-3-6-12(14)8-11/h3,5-6,8,10H,2,4,7,9,15H2,1H3. The maximum Gasteiger partial charge on any atom is 0.306 e. The SMILES string of the molecule is CC(N)CCCC(=O)OCc1cccc(Br)c1. The summed E-state index contributed by atoms with van der Waals surface area (Å²) in [7, 11) is 0. The number of ether oxygens (including phenoxy) is 1. The molecule has 0 amide bonds. The van der Waals surface area contributed by atoms with Gasteiger partial charge >= 0.3 is 5.97 Å². The topological polar surface area (TPSA) is 52.3 Å². The molecule has 0 spiro atoms. The highest BCUT2D eigenvalue weighted by molar-refractivity contribution is 9.10. The van der Waals surface area contributed by atoms with Crippen LogP contribution in [0.15, 0.2) is 28.7 Å². The van der Waals surface area contributed by atoms with E-state index >= 15 is 0 Å². The summed E-state index contributed by atoms with van der Waals surface area (Å²) in [5.74, 6) is -0.161. The van der Waals surface area contributed by atoms with Crippen molar-refractivity contribution in [3.05, 3.63) is 34.3 Å². The number of benzene rings is 1. The van der Waals surface area contributed by atoms with Crippen molar-refractivity contribution in [2.45, 2.75) is 38.8 Å². The highest BCUT2D eigenvalue weighted by Crippen LogP contribution is 2.12. The van der Waals surface area contributed by atoms with Crippen molar-refractivity contribution < 1.29 is 9.53 Å². The fourth-order valence-corrected chi connectivity index (χ4v) is 1.88. The molecule has 0 aromatic heterocycles. The third-order valence-corrected chi connectivity index (χ3v) is 2.82. The lowest BCUT2D eigenvalue weighted by Crippen LogP contribution is -2.15. The van der Waals surface area contributed by atoms with Crippen molar-refractivity contribution in [3.8, 4) is 0 Å². The number of rotatable bonds is 6. The van der Waals surface area contributed by atoms with Gasteiger partial charge in [-0.1, -0.05) is 28.1 Å². The van der Waals surface area contributed by atoms with E-state index in [2.05, 4.69) is 15.9 Å². The van der Waals surface area contributed by atoms with Gasteiger partial charge in [0.2, 0.25) is 0 Å². The third kappa shape index (κ3) is 6.44. The number of esters is 1. The predicted molar refractivity (Wildman–Crippen MR) is 71.4 cm³/mol. The second-order valence-corrected chi connectivity index (χ2v) is 5.08. The Labute approximate surface area is 110 Å². The van der Waals surface area contributed by atoms with Gasteiger partial charge in [0.05, 0.1) is 0 Å². The molecule has 94 valence electrons. The molecule has 0 saturated heterocycles. The first-order chi connectivity index (χ1) is 8.08. The van der Waals surface area contributed by atoms with Crippen LogP contribution in [-0.2, 0) is 16.1 Å². The van der Waals surface area contributed by atoms with Crippen LogP contribution in [0.5, 0.6) is 0 Å². The van der Waals surface area contributed by atoms with Crippen LogP contribution in [-0.4, -0.2) is 12.0 Å². The zero-order valence-corrected chi connectivity index (χ0v) is 11.6. The highest BCUT2D eigenvalue weighted by Gasteiger charge is 2.04. The summed E-state index contributed by atoms with van der Waals surface area (Å²) in [6, 6.07) is 7.87. The maximum absolute atomic E-state index is 11.4. The zero-order valence-electron chi connectivity index (χ0n) is 9.99. The lowest BCUT2D eigenvalue weighted by Gasteiger charge is -2.06. The minimum absolute atomic E-state index is 0.146. The number of hydrogen-bond acceptors (Lipinski definition) is 3. The van der Waals surface area contributed by atoms with Gasteiger partial charge in [0.25, 0.3) is 0 Å². The fraction of sp³-hybridized carbons (Fsp3) is 0.462. The van der Waals surface area contributed by atoms with Crippen molar-refractivity contribution in [2.24, 2.45) is 5.73 Å². The van der Waals surface area contributed by atoms with Gasteiger partial charge in [-0.2, -0.15) is 0 Å². The number of halogens is 1. The summed E-state index contributed by atoms with van der Waals surface area (Å²) in [5.41, 5.74) is 6.59. The normalized spacial score (nSPS) is 12.2. The Hall–Kier alpha value is -0.870. The largest absolute Gasteiger partial charge is 0.461 e. The molecule has 4 heteroatoms. The average Bonchev–Trinajstić information content (AvgIpc) is 2.26. The predicted octanol–water partition coefficient (Wildman–Crippen LogP) is 3.01. The van der Waals surface area contributed by atoms with Gasteiger partial charge in [-0.15, -0.1) is 0 Å². The van der Waals surface area contributed by atoms with Gasteiger partial charge in [-0.3, -0.25) is 4.79 Å². The Kier molecular flexibility index (Phi) is 6.22. The number of hydrogen-bond donors (Lipinski definition) is 1. The Morgan fingerprint density at radius 1 is 1.53 bits per heavy atom. The first kappa shape index (κ1) is 14.2. The summed E-state index contributed by atoms with van der Waals surface area (Å²) in [5, 5.41) is 0. The van der Waals surface area contributed by atoms with Crippen LogP contribution in [0.25, 0.3) is 0 Å². The third-order valence-electron chi connectivity index (χ3n) is 2.33. The zero-order chi connectivity index (χ0) is 12.7. The average molecular weight is 300 g/mol. The summed E-state index contributed by atoms with van der Waals surface area (Å²) >= 11 is 3.37. The minimum atomic E-state index is -0.161. The molecule has 1 aromatic carbocycles. The van der Waals surface area contributed by atoms with Crippen LogP contribution in [0.2, 0.25) is 0 Å². The summed E-state index contributed by atoms with van der Waals surface area (Å²) in [4.78, 5) is 11.4. The molecule has 1 atom stereocenters. The Bertz CT molecular complexity index is 366. The van der Waals surface area contributed by atoms with E-state index in [-0.39, 0.29) is 12.0 Å². The molecule has 0 aliphatic carbocycles. The lowest BCUT2D eigenvalue weighted by atomic mass is 10.1. The Morgan fingerprint density at radius 2 is 2.29 bits per heavy atom. The molecule has 0 aliphatic heterocycles. The summed E-state index contributed by atoms with van der Waals surface area (Å²) in [6.45, 7) is 2.27. The van der Waals surface area contributed by atoms with Gasteiger partial charge in [0.15, 0.2) is 0 Å². The quantitative estimate of drug-likeness (QED) is 0.822. The van der Waals surface area contributed by atoms with E-state index in [1.54, 1.807) is 0 Å². The molecule has 0 radical (unpaired) electrons. The van der Waals surface area contributed by atoms with Crippen molar-refractivity contribution in [2.75, 3.05) is 0 Å². The molecule has 0 bridgehead atoms. The van der Waals surface area contributed by atoms with Crippen LogP contribution >= 0.6 is 15.9 Å². The first-order valence-corrected chi connectivity index (χ1v) is 6.53. The Balaban J connectivity index is 2.24. The molecular weight excluding hydrogens is 282 g/mol. The molecule has 0 saturated carbocycles. The van der Waals surface area contributed by atoms with E-state index in [4.69, 9.17) is 10.5 Å². The molecule has 3 nitrogen and oxygen atoms in total. The van der Waals surface area contributed by atoms with Crippen molar-refractivity contribution in [3.63, 3.8) is 0 Å². The van der Waals surface area contributed by atoms with Crippen LogP contribution in [0.3, 0.4) is 0 Å². The van der Waals surface area contributed by atoms with E-state index < -0.39 is 0 Å². The summed E-state index contributed by atoms with van der Waals surface area (Å²) < 4.78 is 6.15. The minimum Gasteiger partial charge on any atom is -0.461 e. The van der Waals surface area contributed by atoms with Crippen molar-refractivity contribution in [1.82, 2.24) is 0 Å². The number of carbonyl (C=O) groups is 1. The maximum atomic E-state index is 11.4. The molecule has 1 aromatic rings. The van der Waals surface area contributed by atoms with Gasteiger partial charge in [0.1, 0.15) is 6.61 Å². The van der Waals surface area contributed by atoms with Crippen molar-refractivity contribution >= 4 is 21.9 Å². The fourth-order valence-electron chi connectivity index (χ4n) is 1.43. The molecule has 0 heterocycles. The van der Waals surface area contributed by atoms with E-state index in [1.807, 2.05) is 31.2 Å². The molecule has 1 unspecified atom stereocenters. The van der Waals surface area contributed by atoms with E-state index in [1.165, 1.54) is 0 Å². The van der Waals surface area contributed by atoms with Gasteiger partial charge in [-0.05, 0) is 37.5 Å².